The van der Waals surface area contributed by atoms with E-state index in [0.29, 0.717) is 44.2 Å². The predicted molar refractivity (Wildman–Crippen MR) is 104 cm³/mol. The number of amides is 1. The van der Waals surface area contributed by atoms with Crippen LogP contribution in [0, 0.1) is 0 Å². The van der Waals surface area contributed by atoms with Crippen molar-refractivity contribution in [3.63, 3.8) is 0 Å². The molecule has 1 atom stereocenters. The fourth-order valence-corrected chi connectivity index (χ4v) is 4.57. The first-order valence-corrected chi connectivity index (χ1v) is 11.3. The van der Waals surface area contributed by atoms with Crippen molar-refractivity contribution in [3.8, 4) is 0 Å². The summed E-state index contributed by atoms with van der Waals surface area (Å²) in [6.07, 6.45) is 3.24. The van der Waals surface area contributed by atoms with Gasteiger partial charge >= 0.3 is 0 Å². The molecule has 2 heterocycles. The Bertz CT molecular complexity index is 898. The van der Waals surface area contributed by atoms with Crippen LogP contribution in [-0.2, 0) is 27.8 Å². The van der Waals surface area contributed by atoms with E-state index in [1.54, 1.807) is 4.90 Å². The topological polar surface area (TPSA) is 96.6 Å². The summed E-state index contributed by atoms with van der Waals surface area (Å²) in [7, 11) is -3.31. The van der Waals surface area contributed by atoms with Crippen LogP contribution in [0.15, 0.2) is 34.9 Å². The number of carbonyl (C=O) groups is 1. The van der Waals surface area contributed by atoms with Gasteiger partial charge in [0, 0.05) is 32.5 Å². The van der Waals surface area contributed by atoms with Crippen molar-refractivity contribution in [1.29, 1.82) is 0 Å². The number of hydrogen-bond donors (Lipinski definition) is 0. The summed E-state index contributed by atoms with van der Waals surface area (Å²) in [5.74, 6) is 0.756. The van der Waals surface area contributed by atoms with E-state index in [0.717, 1.165) is 12.0 Å². The minimum atomic E-state index is -3.31. The first-order chi connectivity index (χ1) is 13.4. The van der Waals surface area contributed by atoms with Crippen LogP contribution in [0.5, 0.6) is 0 Å². The summed E-state index contributed by atoms with van der Waals surface area (Å²) in [5.41, 5.74) is 1.08. The molecule has 0 bridgehead atoms. The summed E-state index contributed by atoms with van der Waals surface area (Å²) in [4.78, 5) is 18.7. The minimum Gasteiger partial charge on any atom is -0.339 e. The van der Waals surface area contributed by atoms with Crippen LogP contribution in [0.25, 0.3) is 0 Å². The third-order valence-corrected chi connectivity index (χ3v) is 6.20. The Morgan fingerprint density at radius 1 is 1.32 bits per heavy atom. The second-order valence-corrected chi connectivity index (χ2v) is 8.91. The maximum atomic E-state index is 12.5. The van der Waals surface area contributed by atoms with Crippen LogP contribution in [0.4, 0.5) is 0 Å². The Morgan fingerprint density at radius 3 is 2.75 bits per heavy atom. The van der Waals surface area contributed by atoms with E-state index in [2.05, 4.69) is 10.1 Å². The maximum Gasteiger partial charge on any atom is 0.227 e. The number of benzene rings is 1. The van der Waals surface area contributed by atoms with Gasteiger partial charge in [0.05, 0.1) is 12.3 Å². The fraction of sp³-hybridized carbons (Fsp3) is 0.526. The summed E-state index contributed by atoms with van der Waals surface area (Å²) in [5, 5.41) is 3.96. The van der Waals surface area contributed by atoms with Gasteiger partial charge in [-0.3, -0.25) is 4.79 Å². The van der Waals surface area contributed by atoms with E-state index >= 15 is 0 Å². The molecule has 1 amide bonds. The van der Waals surface area contributed by atoms with Crippen molar-refractivity contribution in [3.05, 3.63) is 47.6 Å². The Hall–Kier alpha value is -2.26. The number of sulfonamides is 1. The van der Waals surface area contributed by atoms with Gasteiger partial charge in [-0.15, -0.1) is 0 Å². The highest BCUT2D eigenvalue weighted by atomic mass is 32.2. The SMILES string of the molecule is CCN(Cc1ccccc1)C(=O)CCc1nc(C2CCCN2S(C)(=O)=O)no1. The van der Waals surface area contributed by atoms with E-state index in [4.69, 9.17) is 4.52 Å². The number of aryl methyl sites for hydroxylation is 1. The second-order valence-electron chi connectivity index (χ2n) is 6.97. The molecule has 1 aromatic carbocycles. The van der Waals surface area contributed by atoms with Gasteiger partial charge in [-0.25, -0.2) is 8.42 Å². The van der Waals surface area contributed by atoms with E-state index in [9.17, 15) is 13.2 Å². The lowest BCUT2D eigenvalue weighted by Crippen LogP contribution is -2.30. The van der Waals surface area contributed by atoms with Crippen LogP contribution in [0.1, 0.15) is 49.5 Å². The maximum absolute atomic E-state index is 12.5. The van der Waals surface area contributed by atoms with E-state index in [1.807, 2.05) is 37.3 Å². The van der Waals surface area contributed by atoms with Crippen molar-refractivity contribution < 1.29 is 17.7 Å². The molecule has 28 heavy (non-hydrogen) atoms. The lowest BCUT2D eigenvalue weighted by molar-refractivity contribution is -0.131. The van der Waals surface area contributed by atoms with Gasteiger partial charge in [-0.1, -0.05) is 35.5 Å². The molecular weight excluding hydrogens is 380 g/mol. The van der Waals surface area contributed by atoms with Crippen LogP contribution in [0.2, 0.25) is 0 Å². The highest BCUT2D eigenvalue weighted by Gasteiger charge is 2.35. The zero-order valence-corrected chi connectivity index (χ0v) is 17.1. The zero-order valence-electron chi connectivity index (χ0n) is 16.2. The smallest absolute Gasteiger partial charge is 0.227 e. The third kappa shape index (κ3) is 4.96. The molecule has 0 aliphatic carbocycles. The highest BCUT2D eigenvalue weighted by Crippen LogP contribution is 2.32. The number of hydrogen-bond acceptors (Lipinski definition) is 6. The van der Waals surface area contributed by atoms with E-state index in [-0.39, 0.29) is 18.4 Å². The summed E-state index contributed by atoms with van der Waals surface area (Å²) in [6, 6.07) is 9.47. The molecule has 8 nitrogen and oxygen atoms in total. The molecule has 152 valence electrons. The summed E-state index contributed by atoms with van der Waals surface area (Å²) >= 11 is 0. The first kappa shape index (κ1) is 20.5. The quantitative estimate of drug-likeness (QED) is 0.666. The molecule has 9 heteroatoms. The van der Waals surface area contributed by atoms with Gasteiger partial charge in [0.25, 0.3) is 0 Å². The number of carbonyl (C=O) groups excluding carboxylic acids is 1. The van der Waals surface area contributed by atoms with Crippen LogP contribution < -0.4 is 0 Å². The molecule has 1 fully saturated rings. The summed E-state index contributed by atoms with van der Waals surface area (Å²) < 4.78 is 30.4. The van der Waals surface area contributed by atoms with Crippen LogP contribution in [0.3, 0.4) is 0 Å². The van der Waals surface area contributed by atoms with Gasteiger partial charge in [0.15, 0.2) is 5.82 Å². The van der Waals surface area contributed by atoms with Crippen molar-refractivity contribution in [2.45, 2.75) is 45.2 Å². The van der Waals surface area contributed by atoms with Crippen molar-refractivity contribution in [2.24, 2.45) is 0 Å². The Balaban J connectivity index is 1.58. The molecule has 1 aromatic heterocycles. The average molecular weight is 407 g/mol. The van der Waals surface area contributed by atoms with Crippen LogP contribution >= 0.6 is 0 Å². The molecule has 3 rings (SSSR count). The molecule has 0 saturated carbocycles. The zero-order chi connectivity index (χ0) is 20.1. The second kappa shape index (κ2) is 8.83. The molecule has 1 aliphatic heterocycles. The molecule has 0 radical (unpaired) electrons. The van der Waals surface area contributed by atoms with Crippen molar-refractivity contribution in [2.75, 3.05) is 19.3 Å². The van der Waals surface area contributed by atoms with E-state index < -0.39 is 10.0 Å². The monoisotopic (exact) mass is 406 g/mol. The van der Waals surface area contributed by atoms with Gasteiger partial charge < -0.3 is 9.42 Å². The predicted octanol–water partition coefficient (Wildman–Crippen LogP) is 2.15. The van der Waals surface area contributed by atoms with Crippen molar-refractivity contribution >= 4 is 15.9 Å². The van der Waals surface area contributed by atoms with Crippen molar-refractivity contribution in [1.82, 2.24) is 19.3 Å². The van der Waals surface area contributed by atoms with Gasteiger partial charge in [-0.05, 0) is 25.3 Å². The third-order valence-electron chi connectivity index (χ3n) is 4.91. The molecule has 2 aromatic rings. The molecule has 1 saturated heterocycles. The number of nitrogens with zero attached hydrogens (tertiary/aromatic N) is 4. The Labute approximate surface area is 165 Å². The number of rotatable bonds is 8. The molecular formula is C19H26N4O4S. The largest absolute Gasteiger partial charge is 0.339 e. The molecule has 0 spiro atoms. The lowest BCUT2D eigenvalue weighted by Gasteiger charge is -2.20. The molecule has 1 unspecified atom stereocenters. The number of aromatic nitrogens is 2. The summed E-state index contributed by atoms with van der Waals surface area (Å²) in [6.45, 7) is 3.60. The molecule has 1 aliphatic rings. The van der Waals surface area contributed by atoms with E-state index in [1.165, 1.54) is 10.6 Å². The Morgan fingerprint density at radius 2 is 2.07 bits per heavy atom. The minimum absolute atomic E-state index is 0.0183. The normalized spacial score (nSPS) is 17.7. The van der Waals surface area contributed by atoms with Gasteiger partial charge in [-0.2, -0.15) is 9.29 Å². The standard InChI is InChI=1S/C19H26N4O4S/c1-3-22(14-15-8-5-4-6-9-15)18(24)12-11-17-20-19(21-27-17)16-10-7-13-23(16)28(2,25)26/h4-6,8-9,16H,3,7,10-14H2,1-2H3. The van der Waals surface area contributed by atoms with Crippen LogP contribution in [-0.4, -0.2) is 53.0 Å². The Kier molecular flexibility index (Phi) is 6.46. The van der Waals surface area contributed by atoms with Gasteiger partial charge in [0.2, 0.25) is 21.8 Å². The lowest BCUT2D eigenvalue weighted by atomic mass is 10.2. The van der Waals surface area contributed by atoms with Gasteiger partial charge in [0.1, 0.15) is 0 Å². The highest BCUT2D eigenvalue weighted by molar-refractivity contribution is 7.88. The molecule has 0 N–H and O–H groups in total. The average Bonchev–Trinajstić information content (AvgIpc) is 3.33. The fourth-order valence-electron chi connectivity index (χ4n) is 3.45. The first-order valence-electron chi connectivity index (χ1n) is 9.49.